The third kappa shape index (κ3) is 3.13. The summed E-state index contributed by atoms with van der Waals surface area (Å²) in [5.74, 6) is 0. The van der Waals surface area contributed by atoms with Crippen LogP contribution in [-0.4, -0.2) is 23.0 Å². The lowest BCUT2D eigenvalue weighted by Crippen LogP contribution is -2.23. The van der Waals surface area contributed by atoms with Crippen LogP contribution in [0.4, 0.5) is 0 Å². The Balaban J connectivity index is 2.02. The zero-order valence-corrected chi connectivity index (χ0v) is 14.1. The summed E-state index contributed by atoms with van der Waals surface area (Å²) in [6, 6.07) is 13.2. The van der Waals surface area contributed by atoms with Crippen LogP contribution in [0.25, 0.3) is 11.3 Å². The Kier molecular flexibility index (Phi) is 4.45. The van der Waals surface area contributed by atoms with E-state index in [2.05, 4.69) is 47.1 Å². The average Bonchev–Trinajstić information content (AvgIpc) is 3.08. The van der Waals surface area contributed by atoms with Gasteiger partial charge >= 0.3 is 0 Å². The first kappa shape index (κ1) is 15.7. The number of nitriles is 1. The number of benzene rings is 1. The van der Waals surface area contributed by atoms with Crippen LogP contribution >= 0.6 is 0 Å². The molecule has 2 aromatic rings. The van der Waals surface area contributed by atoms with Gasteiger partial charge in [-0.2, -0.15) is 5.26 Å². The van der Waals surface area contributed by atoms with Gasteiger partial charge in [0.15, 0.2) is 0 Å². The second kappa shape index (κ2) is 6.52. The summed E-state index contributed by atoms with van der Waals surface area (Å²) in [5.41, 5.74) is 5.77. The molecule has 3 rings (SSSR count). The number of likely N-dealkylation sites (tertiary alicyclic amines) is 1. The van der Waals surface area contributed by atoms with Crippen molar-refractivity contribution in [3.05, 3.63) is 52.7 Å². The van der Waals surface area contributed by atoms with Gasteiger partial charge in [0.05, 0.1) is 11.3 Å². The maximum Gasteiger partial charge on any atom is 0.102 e. The van der Waals surface area contributed by atoms with Gasteiger partial charge in [-0.3, -0.25) is 9.88 Å². The van der Waals surface area contributed by atoms with E-state index in [1.54, 1.807) is 0 Å². The molecule has 2 heterocycles. The smallest absolute Gasteiger partial charge is 0.102 e. The van der Waals surface area contributed by atoms with Crippen molar-refractivity contribution in [2.75, 3.05) is 13.1 Å². The summed E-state index contributed by atoms with van der Waals surface area (Å²) in [6.45, 7) is 8.58. The fourth-order valence-corrected chi connectivity index (χ4v) is 3.47. The topological polar surface area (TPSA) is 39.9 Å². The number of hydrogen-bond acceptors (Lipinski definition) is 3. The molecule has 1 fully saturated rings. The third-order valence-electron chi connectivity index (χ3n) is 4.79. The molecular formula is C20H23N3. The largest absolute Gasteiger partial charge is 0.297 e. The fourth-order valence-electron chi connectivity index (χ4n) is 3.47. The second-order valence-electron chi connectivity index (χ2n) is 6.46. The Bertz CT molecular complexity index is 752. The Hall–Kier alpha value is -2.18. The summed E-state index contributed by atoms with van der Waals surface area (Å²) in [5, 5.41) is 9.50. The van der Waals surface area contributed by atoms with Crippen molar-refractivity contribution in [1.82, 2.24) is 9.88 Å². The monoisotopic (exact) mass is 305 g/mol. The van der Waals surface area contributed by atoms with Gasteiger partial charge in [-0.15, -0.1) is 0 Å². The number of nitrogens with zero attached hydrogens (tertiary/aromatic N) is 3. The van der Waals surface area contributed by atoms with Gasteiger partial charge in [0, 0.05) is 17.3 Å². The van der Waals surface area contributed by atoms with E-state index in [9.17, 15) is 5.26 Å². The summed E-state index contributed by atoms with van der Waals surface area (Å²) in [6.07, 6.45) is 2.59. The Morgan fingerprint density at radius 1 is 1.17 bits per heavy atom. The number of rotatable bonds is 3. The van der Waals surface area contributed by atoms with Gasteiger partial charge in [0.25, 0.3) is 0 Å². The normalized spacial score (nSPS) is 16.3. The summed E-state index contributed by atoms with van der Waals surface area (Å²) >= 11 is 0. The van der Waals surface area contributed by atoms with Crippen molar-refractivity contribution in [2.45, 2.75) is 39.7 Å². The molecule has 1 atom stereocenters. The number of aryl methyl sites for hydroxylation is 2. The molecule has 1 saturated heterocycles. The van der Waals surface area contributed by atoms with Gasteiger partial charge in [-0.25, -0.2) is 0 Å². The van der Waals surface area contributed by atoms with Gasteiger partial charge in [-0.1, -0.05) is 18.2 Å². The first-order valence-electron chi connectivity index (χ1n) is 8.33. The van der Waals surface area contributed by atoms with E-state index < -0.39 is 0 Å². The molecule has 0 amide bonds. The molecule has 1 aliphatic heterocycles. The molecule has 118 valence electrons. The third-order valence-corrected chi connectivity index (χ3v) is 4.79. The van der Waals surface area contributed by atoms with Crippen LogP contribution in [-0.2, 0) is 0 Å². The first-order valence-corrected chi connectivity index (χ1v) is 8.33. The fraction of sp³-hybridized carbons (Fsp3) is 0.400. The number of pyridine rings is 1. The zero-order chi connectivity index (χ0) is 16.4. The minimum atomic E-state index is 0.411. The van der Waals surface area contributed by atoms with Gasteiger partial charge in [0.2, 0.25) is 0 Å². The van der Waals surface area contributed by atoms with E-state index in [-0.39, 0.29) is 0 Å². The van der Waals surface area contributed by atoms with Crippen molar-refractivity contribution < 1.29 is 0 Å². The molecule has 23 heavy (non-hydrogen) atoms. The summed E-state index contributed by atoms with van der Waals surface area (Å²) < 4.78 is 0. The second-order valence-corrected chi connectivity index (χ2v) is 6.46. The molecule has 0 spiro atoms. The minimum Gasteiger partial charge on any atom is -0.297 e. The molecular weight excluding hydrogens is 282 g/mol. The van der Waals surface area contributed by atoms with Crippen molar-refractivity contribution >= 4 is 0 Å². The minimum absolute atomic E-state index is 0.411. The van der Waals surface area contributed by atoms with E-state index >= 15 is 0 Å². The van der Waals surface area contributed by atoms with Crippen LogP contribution in [0.2, 0.25) is 0 Å². The van der Waals surface area contributed by atoms with Crippen LogP contribution in [0.15, 0.2) is 30.3 Å². The predicted octanol–water partition coefficient (Wildman–Crippen LogP) is 4.39. The lowest BCUT2D eigenvalue weighted by atomic mass is 9.98. The summed E-state index contributed by atoms with van der Waals surface area (Å²) in [7, 11) is 0. The van der Waals surface area contributed by atoms with Gasteiger partial charge in [-0.05, 0) is 70.0 Å². The highest BCUT2D eigenvalue weighted by atomic mass is 15.2. The van der Waals surface area contributed by atoms with E-state index in [0.29, 0.717) is 11.6 Å². The van der Waals surface area contributed by atoms with Gasteiger partial charge < -0.3 is 0 Å². The lowest BCUT2D eigenvalue weighted by Gasteiger charge is -2.24. The Labute approximate surface area is 138 Å². The molecule has 0 N–H and O–H groups in total. The van der Waals surface area contributed by atoms with Gasteiger partial charge in [0.1, 0.15) is 6.07 Å². The van der Waals surface area contributed by atoms with Crippen LogP contribution in [0, 0.1) is 25.2 Å². The molecule has 0 saturated carbocycles. The van der Waals surface area contributed by atoms with Crippen molar-refractivity contribution in [2.24, 2.45) is 0 Å². The molecule has 0 aliphatic carbocycles. The van der Waals surface area contributed by atoms with Crippen LogP contribution in [0.5, 0.6) is 0 Å². The quantitative estimate of drug-likeness (QED) is 0.844. The van der Waals surface area contributed by atoms with Crippen LogP contribution in [0.3, 0.4) is 0 Å². The molecule has 3 heteroatoms. The average molecular weight is 305 g/mol. The molecule has 3 nitrogen and oxygen atoms in total. The van der Waals surface area contributed by atoms with Crippen molar-refractivity contribution in [3.63, 3.8) is 0 Å². The van der Waals surface area contributed by atoms with Crippen LogP contribution < -0.4 is 0 Å². The maximum absolute atomic E-state index is 9.50. The van der Waals surface area contributed by atoms with E-state index in [1.807, 2.05) is 19.9 Å². The summed E-state index contributed by atoms with van der Waals surface area (Å²) in [4.78, 5) is 7.16. The first-order chi connectivity index (χ1) is 11.1. The predicted molar refractivity (Wildman–Crippen MR) is 93.1 cm³/mol. The zero-order valence-electron chi connectivity index (χ0n) is 14.1. The SMILES string of the molecule is Cc1cc(C)c(C#N)c(-c2cccc(C(C)N3CCCC3)c2)n1. The highest BCUT2D eigenvalue weighted by molar-refractivity contribution is 5.69. The van der Waals surface area contributed by atoms with E-state index in [4.69, 9.17) is 0 Å². The molecule has 1 aliphatic rings. The lowest BCUT2D eigenvalue weighted by molar-refractivity contribution is 0.263. The molecule has 1 unspecified atom stereocenters. The number of aromatic nitrogens is 1. The highest BCUT2D eigenvalue weighted by Crippen LogP contribution is 2.30. The number of hydrogen-bond donors (Lipinski definition) is 0. The molecule has 1 aromatic heterocycles. The molecule has 1 aromatic carbocycles. The Morgan fingerprint density at radius 2 is 1.91 bits per heavy atom. The Morgan fingerprint density at radius 3 is 2.61 bits per heavy atom. The standard InChI is InChI=1S/C20H23N3/c1-14-11-15(2)22-20(19(14)13-21)18-8-6-7-17(12-18)16(3)23-9-4-5-10-23/h6-8,11-12,16H,4-5,9-10H2,1-3H3. The van der Waals surface area contributed by atoms with Crippen molar-refractivity contribution in [1.29, 1.82) is 5.26 Å². The maximum atomic E-state index is 9.50. The van der Waals surface area contributed by atoms with E-state index in [1.165, 1.54) is 31.5 Å². The van der Waals surface area contributed by atoms with E-state index in [0.717, 1.165) is 22.5 Å². The highest BCUT2D eigenvalue weighted by Gasteiger charge is 2.20. The molecule has 0 radical (unpaired) electrons. The van der Waals surface area contributed by atoms with Crippen molar-refractivity contribution in [3.8, 4) is 17.3 Å². The van der Waals surface area contributed by atoms with Crippen LogP contribution in [0.1, 0.15) is 48.2 Å². The molecule has 0 bridgehead atoms.